The molecule has 41 heavy (non-hydrogen) atoms. The molecule has 2 fully saturated rings. The number of amides is 1. The molecule has 1 amide bonds. The first kappa shape index (κ1) is 27.0. The Morgan fingerprint density at radius 1 is 1.10 bits per heavy atom. The van der Waals surface area contributed by atoms with Crippen molar-refractivity contribution in [2.45, 2.75) is 51.1 Å². The number of likely N-dealkylation sites (tertiary alicyclic amines) is 2. The number of hydrogen-bond acceptors (Lipinski definition) is 6. The highest BCUT2D eigenvalue weighted by atomic mass is 16.2. The van der Waals surface area contributed by atoms with Gasteiger partial charge < -0.3 is 21.4 Å². The molecular weight excluding hydrogens is 512 g/mol. The third kappa shape index (κ3) is 5.54. The van der Waals surface area contributed by atoms with Gasteiger partial charge in [-0.3, -0.25) is 14.7 Å². The van der Waals surface area contributed by atoms with Crippen LogP contribution in [0.1, 0.15) is 55.3 Å². The van der Waals surface area contributed by atoms with Crippen LogP contribution in [0.15, 0.2) is 65.9 Å². The standard InChI is InChI=1S/C32H37N8O/c1-22(38-13-5-6-14-38)32(41)39-15-11-24(12-16-39)29-18-27(30-31(34)36-21-37-40(29)30)25-9-10-26(28(33)17-25)20-35-19-23-7-3-2-4-8-23/h2-4,7-10,17-18,20-22,24H,5-6,11-16,19H2,1H3,(H3-,33,34,35,36,37)/q-1. The number of carbonyl (C=O) groups is 1. The fourth-order valence-corrected chi connectivity index (χ4v) is 6.22. The van der Waals surface area contributed by atoms with E-state index >= 15 is 0 Å². The quantitative estimate of drug-likeness (QED) is 0.242. The number of hydrogen-bond donors (Lipinski definition) is 1. The number of nitrogens with zero attached hydrogens (tertiary/aromatic N) is 6. The molecule has 9 heteroatoms. The summed E-state index contributed by atoms with van der Waals surface area (Å²) in [5.41, 5.74) is 21.2. The number of rotatable bonds is 7. The molecule has 6 rings (SSSR count). The lowest BCUT2D eigenvalue weighted by atomic mass is 9.92. The van der Waals surface area contributed by atoms with Gasteiger partial charge in [0.05, 0.1) is 18.1 Å². The van der Waals surface area contributed by atoms with Gasteiger partial charge in [0.2, 0.25) is 5.91 Å². The van der Waals surface area contributed by atoms with Crippen molar-refractivity contribution in [3.05, 3.63) is 83.5 Å². The summed E-state index contributed by atoms with van der Waals surface area (Å²) < 4.78 is 1.87. The van der Waals surface area contributed by atoms with E-state index in [1.165, 1.54) is 19.2 Å². The molecule has 1 atom stereocenters. The minimum Gasteiger partial charge on any atom is -0.480 e. The smallest absolute Gasteiger partial charge is 0.239 e. The molecule has 4 heterocycles. The van der Waals surface area contributed by atoms with Crippen LogP contribution in [-0.4, -0.2) is 68.7 Å². The largest absolute Gasteiger partial charge is 0.480 e. The molecule has 2 aliphatic rings. The minimum atomic E-state index is -0.0507. The van der Waals surface area contributed by atoms with Crippen molar-refractivity contribution in [1.82, 2.24) is 24.4 Å². The van der Waals surface area contributed by atoms with Crippen molar-refractivity contribution in [3.63, 3.8) is 0 Å². The van der Waals surface area contributed by atoms with Crippen LogP contribution in [0.5, 0.6) is 0 Å². The van der Waals surface area contributed by atoms with Crippen LogP contribution >= 0.6 is 0 Å². The van der Waals surface area contributed by atoms with E-state index in [0.29, 0.717) is 17.7 Å². The maximum atomic E-state index is 13.2. The van der Waals surface area contributed by atoms with E-state index in [1.54, 1.807) is 0 Å². The van der Waals surface area contributed by atoms with E-state index < -0.39 is 0 Å². The number of carbonyl (C=O) groups excluding carboxylic acids is 1. The average molecular weight is 550 g/mol. The molecule has 2 saturated heterocycles. The van der Waals surface area contributed by atoms with Crippen molar-refractivity contribution in [2.24, 2.45) is 4.99 Å². The van der Waals surface area contributed by atoms with Crippen molar-refractivity contribution >= 4 is 29.1 Å². The highest BCUT2D eigenvalue weighted by Crippen LogP contribution is 2.38. The van der Waals surface area contributed by atoms with Gasteiger partial charge in [-0.05, 0) is 74.8 Å². The molecule has 3 N–H and O–H groups in total. The molecule has 2 aromatic carbocycles. The molecule has 0 aliphatic carbocycles. The molecule has 4 aromatic rings. The van der Waals surface area contributed by atoms with Crippen LogP contribution < -0.4 is 5.73 Å². The van der Waals surface area contributed by atoms with Crippen LogP contribution in [0.3, 0.4) is 0 Å². The van der Waals surface area contributed by atoms with E-state index in [2.05, 4.69) is 38.2 Å². The number of benzene rings is 2. The van der Waals surface area contributed by atoms with Crippen molar-refractivity contribution in [2.75, 3.05) is 31.9 Å². The van der Waals surface area contributed by atoms with Gasteiger partial charge in [0.15, 0.2) is 0 Å². The fourth-order valence-electron chi connectivity index (χ4n) is 6.22. The number of aliphatic imine (C=N–C) groups is 1. The number of nitrogen functional groups attached to an aromatic ring is 1. The zero-order valence-electron chi connectivity index (χ0n) is 23.5. The average Bonchev–Trinajstić information content (AvgIpc) is 3.68. The zero-order valence-corrected chi connectivity index (χ0v) is 23.5. The Labute approximate surface area is 240 Å². The summed E-state index contributed by atoms with van der Waals surface area (Å²) in [5, 5.41) is 4.55. The van der Waals surface area contributed by atoms with Gasteiger partial charge in [0, 0.05) is 54.1 Å². The van der Waals surface area contributed by atoms with Crippen LogP contribution in [0, 0.1) is 0 Å². The van der Waals surface area contributed by atoms with E-state index in [4.69, 9.17) is 11.5 Å². The lowest BCUT2D eigenvalue weighted by Crippen LogP contribution is -2.48. The first-order valence-corrected chi connectivity index (χ1v) is 14.5. The monoisotopic (exact) mass is 549 g/mol. The van der Waals surface area contributed by atoms with Gasteiger partial charge in [0.25, 0.3) is 0 Å². The third-order valence-corrected chi connectivity index (χ3v) is 8.60. The highest BCUT2D eigenvalue weighted by molar-refractivity contribution is 5.93. The van der Waals surface area contributed by atoms with Gasteiger partial charge in [-0.2, -0.15) is 5.10 Å². The number of nitrogens with two attached hydrogens (primary N) is 1. The van der Waals surface area contributed by atoms with Gasteiger partial charge in [-0.15, -0.1) is 0 Å². The minimum absolute atomic E-state index is 0.0507. The molecule has 9 nitrogen and oxygen atoms in total. The first-order valence-electron chi connectivity index (χ1n) is 14.5. The Morgan fingerprint density at radius 2 is 1.85 bits per heavy atom. The predicted molar refractivity (Wildman–Crippen MR) is 163 cm³/mol. The Hall–Kier alpha value is -4.24. The highest BCUT2D eigenvalue weighted by Gasteiger charge is 2.32. The van der Waals surface area contributed by atoms with E-state index in [0.717, 1.165) is 67.0 Å². The third-order valence-electron chi connectivity index (χ3n) is 8.60. The molecule has 1 unspecified atom stereocenters. The Balaban J connectivity index is 1.21. The summed E-state index contributed by atoms with van der Waals surface area (Å²) in [7, 11) is 0. The summed E-state index contributed by atoms with van der Waals surface area (Å²) in [4.78, 5) is 26.3. The normalized spacial score (nSPS) is 17.5. The number of piperidine rings is 1. The first-order chi connectivity index (χ1) is 20.0. The summed E-state index contributed by atoms with van der Waals surface area (Å²) in [5.74, 6) is 0.656. The molecular formula is C32H37N8O-. The molecule has 0 radical (unpaired) electrons. The van der Waals surface area contributed by atoms with Gasteiger partial charge in [-0.1, -0.05) is 42.5 Å². The second-order valence-electron chi connectivity index (χ2n) is 11.2. The number of aromatic nitrogens is 3. The summed E-state index contributed by atoms with van der Waals surface area (Å²) in [6.45, 7) is 6.13. The van der Waals surface area contributed by atoms with Gasteiger partial charge in [0.1, 0.15) is 0 Å². The number of anilines is 1. The lowest BCUT2D eigenvalue weighted by Gasteiger charge is -2.35. The van der Waals surface area contributed by atoms with E-state index in [9.17, 15) is 4.79 Å². The predicted octanol–water partition coefficient (Wildman–Crippen LogP) is 5.47. The molecule has 2 aliphatic heterocycles. The van der Waals surface area contributed by atoms with Gasteiger partial charge in [-0.25, -0.2) is 4.52 Å². The fraction of sp³-hybridized carbons (Fsp3) is 0.375. The van der Waals surface area contributed by atoms with Crippen molar-refractivity contribution in [3.8, 4) is 11.1 Å². The second-order valence-corrected chi connectivity index (χ2v) is 11.2. The Bertz CT molecular complexity index is 1550. The molecule has 0 saturated carbocycles. The summed E-state index contributed by atoms with van der Waals surface area (Å²) in [6.07, 6.45) is 7.34. The van der Waals surface area contributed by atoms with Crippen LogP contribution in [0.2, 0.25) is 0 Å². The molecule has 0 bridgehead atoms. The Kier molecular flexibility index (Phi) is 7.69. The van der Waals surface area contributed by atoms with E-state index in [1.807, 2.05) is 59.0 Å². The summed E-state index contributed by atoms with van der Waals surface area (Å²) >= 11 is 0. The maximum Gasteiger partial charge on any atom is 0.239 e. The van der Waals surface area contributed by atoms with Crippen LogP contribution in [0.4, 0.5) is 11.5 Å². The maximum absolute atomic E-state index is 13.2. The SMILES string of the molecule is CC(C(=O)N1CCC(c2cc(-c3ccc(C=NCc4ccccc4)c(N)c3)c3c([NH-])ncnn23)CC1)N1CCCC1. The summed E-state index contributed by atoms with van der Waals surface area (Å²) in [6, 6.07) is 18.1. The molecule has 0 spiro atoms. The van der Waals surface area contributed by atoms with E-state index in [-0.39, 0.29) is 23.7 Å². The van der Waals surface area contributed by atoms with Crippen molar-refractivity contribution in [1.29, 1.82) is 0 Å². The molecule has 2 aromatic heterocycles. The number of nitrogens with one attached hydrogen (secondary N) is 1. The topological polar surface area (TPSA) is 116 Å². The van der Waals surface area contributed by atoms with Crippen molar-refractivity contribution < 1.29 is 4.79 Å². The molecule has 212 valence electrons. The zero-order chi connectivity index (χ0) is 28.3. The van der Waals surface area contributed by atoms with Crippen LogP contribution in [-0.2, 0) is 11.3 Å². The lowest BCUT2D eigenvalue weighted by molar-refractivity contribution is -0.137. The van der Waals surface area contributed by atoms with Crippen LogP contribution in [0.25, 0.3) is 22.4 Å². The Morgan fingerprint density at radius 3 is 2.59 bits per heavy atom. The second kappa shape index (κ2) is 11.7. The number of fused-ring (bicyclic) bond motifs is 1. The van der Waals surface area contributed by atoms with Gasteiger partial charge >= 0.3 is 0 Å².